The fourth-order valence-corrected chi connectivity index (χ4v) is 3.94. The molecule has 9 heteroatoms. The number of aliphatic hydroxyl groups is 1. The SMILES string of the molecule is COc1ccncc1C(C)(O)C1CCN(c2cnc(C(F)(F)F)c(Cl)c2)CC1. The number of methoxy groups -OCH3 is 1. The van der Waals surface area contributed by atoms with Gasteiger partial charge >= 0.3 is 6.18 Å². The number of ether oxygens (including phenoxy) is 1. The van der Waals surface area contributed by atoms with Crippen LogP contribution in [0.1, 0.15) is 31.0 Å². The molecule has 1 fully saturated rings. The number of hydrogen-bond acceptors (Lipinski definition) is 5. The molecule has 0 radical (unpaired) electrons. The van der Waals surface area contributed by atoms with Crippen LogP contribution < -0.4 is 9.64 Å². The Bertz CT molecular complexity index is 837. The topological polar surface area (TPSA) is 58.5 Å². The molecule has 2 aromatic heterocycles. The summed E-state index contributed by atoms with van der Waals surface area (Å²) in [4.78, 5) is 9.50. The third-order valence-electron chi connectivity index (χ3n) is 5.30. The summed E-state index contributed by atoms with van der Waals surface area (Å²) >= 11 is 5.78. The molecule has 1 atom stereocenters. The minimum Gasteiger partial charge on any atom is -0.496 e. The first-order chi connectivity index (χ1) is 13.1. The van der Waals surface area contributed by atoms with Crippen LogP contribution in [0.2, 0.25) is 5.02 Å². The van der Waals surface area contributed by atoms with E-state index in [0.29, 0.717) is 42.9 Å². The molecule has 1 unspecified atom stereocenters. The third-order valence-corrected chi connectivity index (χ3v) is 5.58. The molecule has 3 heterocycles. The minimum atomic E-state index is -4.58. The Hall–Kier alpha value is -2.06. The van der Waals surface area contributed by atoms with Crippen LogP contribution in [0.3, 0.4) is 0 Å². The van der Waals surface area contributed by atoms with Gasteiger partial charge < -0.3 is 14.7 Å². The van der Waals surface area contributed by atoms with Crippen molar-refractivity contribution in [1.29, 1.82) is 0 Å². The van der Waals surface area contributed by atoms with Crippen molar-refractivity contribution in [3.63, 3.8) is 0 Å². The number of aromatic nitrogens is 2. The van der Waals surface area contributed by atoms with Crippen LogP contribution in [0.4, 0.5) is 18.9 Å². The van der Waals surface area contributed by atoms with Crippen molar-refractivity contribution in [3.05, 3.63) is 47.0 Å². The summed E-state index contributed by atoms with van der Waals surface area (Å²) in [5, 5.41) is 10.7. The summed E-state index contributed by atoms with van der Waals surface area (Å²) in [6.45, 7) is 2.86. The van der Waals surface area contributed by atoms with Gasteiger partial charge in [-0.05, 0) is 37.8 Å². The average molecular weight is 416 g/mol. The van der Waals surface area contributed by atoms with Crippen LogP contribution in [0.25, 0.3) is 0 Å². The van der Waals surface area contributed by atoms with Crippen LogP contribution in [0.15, 0.2) is 30.7 Å². The van der Waals surface area contributed by atoms with Crippen molar-refractivity contribution in [3.8, 4) is 5.75 Å². The first-order valence-corrected chi connectivity index (χ1v) is 9.21. The van der Waals surface area contributed by atoms with E-state index in [-0.39, 0.29) is 5.92 Å². The van der Waals surface area contributed by atoms with Crippen molar-refractivity contribution in [2.45, 2.75) is 31.5 Å². The molecular formula is C19H21ClF3N3O2. The van der Waals surface area contributed by atoms with E-state index in [1.54, 1.807) is 32.5 Å². The molecular weight excluding hydrogens is 395 g/mol. The van der Waals surface area contributed by atoms with Gasteiger partial charge in [0.1, 0.15) is 5.75 Å². The van der Waals surface area contributed by atoms with Crippen LogP contribution in [-0.2, 0) is 11.8 Å². The summed E-state index contributed by atoms with van der Waals surface area (Å²) in [6.07, 6.45) is 1.10. The van der Waals surface area contributed by atoms with E-state index in [1.807, 2.05) is 4.90 Å². The summed E-state index contributed by atoms with van der Waals surface area (Å²) in [7, 11) is 1.54. The standard InChI is InChI=1S/C19H21ClF3N3O2/c1-18(27,14-11-24-6-3-16(14)28-2)12-4-7-26(8-5-12)13-9-15(20)17(25-10-13)19(21,22)23/h3,6,9-12,27H,4-5,7-8H2,1-2H3. The van der Waals surface area contributed by atoms with Gasteiger partial charge in [-0.3, -0.25) is 4.98 Å². The Labute approximate surface area is 166 Å². The van der Waals surface area contributed by atoms with Crippen LogP contribution in [0.5, 0.6) is 5.75 Å². The molecule has 0 saturated carbocycles. The summed E-state index contributed by atoms with van der Waals surface area (Å²) in [6, 6.07) is 2.99. The molecule has 0 amide bonds. The normalized spacial score (nSPS) is 18.0. The monoisotopic (exact) mass is 415 g/mol. The molecule has 1 saturated heterocycles. The van der Waals surface area contributed by atoms with E-state index in [9.17, 15) is 18.3 Å². The largest absolute Gasteiger partial charge is 0.496 e. The van der Waals surface area contributed by atoms with Crippen molar-refractivity contribution in [2.24, 2.45) is 5.92 Å². The number of rotatable bonds is 4. The number of pyridine rings is 2. The van der Waals surface area contributed by atoms with Gasteiger partial charge in [-0.1, -0.05) is 11.6 Å². The fraction of sp³-hybridized carbons (Fsp3) is 0.474. The van der Waals surface area contributed by atoms with Gasteiger partial charge in [0.25, 0.3) is 0 Å². The first kappa shape index (κ1) is 20.7. The van der Waals surface area contributed by atoms with Crippen LogP contribution in [-0.4, -0.2) is 35.3 Å². The van der Waals surface area contributed by atoms with Crippen molar-refractivity contribution in [2.75, 3.05) is 25.1 Å². The maximum absolute atomic E-state index is 12.8. The molecule has 1 aliphatic rings. The zero-order valence-corrected chi connectivity index (χ0v) is 16.3. The van der Waals surface area contributed by atoms with Gasteiger partial charge in [0.15, 0.2) is 5.69 Å². The van der Waals surface area contributed by atoms with Crippen LogP contribution >= 0.6 is 11.6 Å². The molecule has 0 bridgehead atoms. The summed E-state index contributed by atoms with van der Waals surface area (Å²) in [5.41, 5.74) is -1.06. The van der Waals surface area contributed by atoms with Gasteiger partial charge in [0, 0.05) is 31.0 Å². The highest BCUT2D eigenvalue weighted by molar-refractivity contribution is 6.31. The highest BCUT2D eigenvalue weighted by Gasteiger charge is 2.39. The smallest absolute Gasteiger partial charge is 0.434 e. The number of halogens is 4. The predicted octanol–water partition coefficient (Wildman–Crippen LogP) is 4.28. The Balaban J connectivity index is 1.73. The Morgan fingerprint density at radius 1 is 1.25 bits per heavy atom. The van der Waals surface area contributed by atoms with Crippen molar-refractivity contribution < 1.29 is 23.0 Å². The molecule has 0 aliphatic carbocycles. The number of alkyl halides is 3. The zero-order valence-electron chi connectivity index (χ0n) is 15.5. The highest BCUT2D eigenvalue weighted by atomic mass is 35.5. The zero-order chi connectivity index (χ0) is 20.5. The molecule has 0 spiro atoms. The van der Waals surface area contributed by atoms with Crippen LogP contribution in [0, 0.1) is 5.92 Å². The van der Waals surface area contributed by atoms with Gasteiger partial charge in [-0.15, -0.1) is 0 Å². The van der Waals surface area contributed by atoms with Gasteiger partial charge in [-0.2, -0.15) is 13.2 Å². The molecule has 0 aromatic carbocycles. The number of nitrogens with zero attached hydrogens (tertiary/aromatic N) is 3. The molecule has 28 heavy (non-hydrogen) atoms. The van der Waals surface area contributed by atoms with Gasteiger partial charge in [0.2, 0.25) is 0 Å². The number of piperidine rings is 1. The second-order valence-corrected chi connectivity index (χ2v) is 7.41. The molecule has 2 aromatic rings. The van der Waals surface area contributed by atoms with Crippen molar-refractivity contribution in [1.82, 2.24) is 9.97 Å². The molecule has 3 rings (SSSR count). The van der Waals surface area contributed by atoms with E-state index in [1.165, 1.54) is 12.3 Å². The lowest BCUT2D eigenvalue weighted by Gasteiger charge is -2.40. The van der Waals surface area contributed by atoms with E-state index in [0.717, 1.165) is 0 Å². The lowest BCUT2D eigenvalue weighted by molar-refractivity contribution is -0.141. The number of anilines is 1. The Kier molecular flexibility index (Phi) is 5.72. The maximum Gasteiger partial charge on any atom is 0.434 e. The van der Waals surface area contributed by atoms with Gasteiger partial charge in [-0.25, -0.2) is 4.98 Å². The summed E-state index contributed by atoms with van der Waals surface area (Å²) < 4.78 is 43.8. The van der Waals surface area contributed by atoms with E-state index >= 15 is 0 Å². The second kappa shape index (κ2) is 7.75. The van der Waals surface area contributed by atoms with E-state index in [4.69, 9.17) is 16.3 Å². The average Bonchev–Trinajstić information content (AvgIpc) is 2.67. The lowest BCUT2D eigenvalue weighted by Crippen LogP contribution is -2.42. The first-order valence-electron chi connectivity index (χ1n) is 8.83. The number of hydrogen-bond donors (Lipinski definition) is 1. The lowest BCUT2D eigenvalue weighted by atomic mass is 9.77. The maximum atomic E-state index is 12.8. The Morgan fingerprint density at radius 2 is 1.93 bits per heavy atom. The molecule has 152 valence electrons. The van der Waals surface area contributed by atoms with Crippen molar-refractivity contribution >= 4 is 17.3 Å². The Morgan fingerprint density at radius 3 is 2.50 bits per heavy atom. The molecule has 1 N–H and O–H groups in total. The summed E-state index contributed by atoms with van der Waals surface area (Å²) in [5.74, 6) is 0.515. The van der Waals surface area contributed by atoms with Gasteiger partial charge in [0.05, 0.1) is 29.6 Å². The quantitative estimate of drug-likeness (QED) is 0.807. The minimum absolute atomic E-state index is 0.0558. The predicted molar refractivity (Wildman–Crippen MR) is 99.5 cm³/mol. The molecule has 5 nitrogen and oxygen atoms in total. The fourth-order valence-electron chi connectivity index (χ4n) is 3.67. The molecule has 1 aliphatic heterocycles. The van der Waals surface area contributed by atoms with E-state index in [2.05, 4.69) is 9.97 Å². The van der Waals surface area contributed by atoms with E-state index < -0.39 is 22.5 Å². The third kappa shape index (κ3) is 4.03. The second-order valence-electron chi connectivity index (χ2n) is 7.01. The highest BCUT2D eigenvalue weighted by Crippen LogP contribution is 2.41.